The highest BCUT2D eigenvalue weighted by Crippen LogP contribution is 2.23. The van der Waals surface area contributed by atoms with Crippen molar-refractivity contribution in [3.05, 3.63) is 54.6 Å². The van der Waals surface area contributed by atoms with Crippen LogP contribution in [0.5, 0.6) is 0 Å². The summed E-state index contributed by atoms with van der Waals surface area (Å²) in [5, 5.41) is 2.87. The van der Waals surface area contributed by atoms with Gasteiger partial charge in [-0.1, -0.05) is 54.6 Å². The Morgan fingerprint density at radius 1 is 0.762 bits per heavy atom. The molecule has 0 radical (unpaired) electrons. The van der Waals surface area contributed by atoms with Gasteiger partial charge in [-0.15, -0.1) is 0 Å². The first-order chi connectivity index (χ1) is 10.3. The van der Waals surface area contributed by atoms with Crippen molar-refractivity contribution in [3.63, 3.8) is 0 Å². The molecule has 0 spiro atoms. The van der Waals surface area contributed by atoms with Gasteiger partial charge in [0.05, 0.1) is 0 Å². The van der Waals surface area contributed by atoms with Crippen LogP contribution in [-0.2, 0) is 0 Å². The van der Waals surface area contributed by atoms with Crippen molar-refractivity contribution < 1.29 is 0 Å². The lowest BCUT2D eigenvalue weighted by molar-refractivity contribution is 1.07. The Morgan fingerprint density at radius 3 is 2.05 bits per heavy atom. The minimum absolute atomic E-state index is 0.205. The summed E-state index contributed by atoms with van der Waals surface area (Å²) in [5.41, 5.74) is 8.92. The third kappa shape index (κ3) is 2.81. The van der Waals surface area contributed by atoms with Crippen molar-refractivity contribution >= 4 is 11.9 Å². The smallest absolute Gasteiger partial charge is 0.227 e. The molecule has 21 heavy (non-hydrogen) atoms. The van der Waals surface area contributed by atoms with Crippen molar-refractivity contribution in [3.8, 4) is 22.5 Å². The zero-order valence-electron chi connectivity index (χ0n) is 11.6. The minimum Gasteiger partial charge on any atom is -0.368 e. The van der Waals surface area contributed by atoms with Crippen LogP contribution in [0.1, 0.15) is 0 Å². The summed E-state index contributed by atoms with van der Waals surface area (Å²) in [4.78, 5) is 12.5. The minimum atomic E-state index is 0.205. The number of rotatable bonds is 3. The van der Waals surface area contributed by atoms with E-state index in [0.29, 0.717) is 11.8 Å². The normalized spacial score (nSPS) is 10.3. The summed E-state index contributed by atoms with van der Waals surface area (Å²) < 4.78 is 0. The molecule has 0 atom stereocenters. The molecule has 3 N–H and O–H groups in total. The summed E-state index contributed by atoms with van der Waals surface area (Å²) in [6.07, 6.45) is 0. The molecule has 104 valence electrons. The molecular weight excluding hydrogens is 262 g/mol. The van der Waals surface area contributed by atoms with Gasteiger partial charge in [-0.25, -0.2) is 0 Å². The van der Waals surface area contributed by atoms with Gasteiger partial charge < -0.3 is 11.1 Å². The maximum Gasteiger partial charge on any atom is 0.227 e. The Balaban J connectivity index is 1.96. The number of nitrogen functional groups attached to an aromatic ring is 1. The van der Waals surface area contributed by atoms with E-state index in [2.05, 4.69) is 32.4 Å². The van der Waals surface area contributed by atoms with E-state index in [1.54, 1.807) is 7.05 Å². The van der Waals surface area contributed by atoms with Crippen LogP contribution in [0, 0.1) is 0 Å². The van der Waals surface area contributed by atoms with Gasteiger partial charge in [0.1, 0.15) is 0 Å². The first-order valence-electron chi connectivity index (χ1n) is 6.61. The number of nitrogens with one attached hydrogen (secondary N) is 1. The standard InChI is InChI=1S/C16H15N5/c1-18-16-20-14(19-15(17)21-16)13-9-7-12(8-10-13)11-5-3-2-4-6-11/h2-10H,1H3,(H3,17,18,19,20,21). The Bertz CT molecular complexity index is 738. The SMILES string of the molecule is CNc1nc(N)nc(-c2ccc(-c3ccccc3)cc2)n1. The molecule has 0 bridgehead atoms. The van der Waals surface area contributed by atoms with Crippen LogP contribution >= 0.6 is 0 Å². The lowest BCUT2D eigenvalue weighted by Crippen LogP contribution is -2.04. The number of benzene rings is 2. The van der Waals surface area contributed by atoms with Crippen molar-refractivity contribution in [2.24, 2.45) is 0 Å². The summed E-state index contributed by atoms with van der Waals surface area (Å²) in [5.74, 6) is 1.23. The molecule has 0 unspecified atom stereocenters. The molecule has 1 aromatic heterocycles. The molecule has 0 aliphatic rings. The quantitative estimate of drug-likeness (QED) is 0.769. The lowest BCUT2D eigenvalue weighted by Gasteiger charge is -2.06. The lowest BCUT2D eigenvalue weighted by atomic mass is 10.0. The maximum atomic E-state index is 5.69. The van der Waals surface area contributed by atoms with Crippen LogP contribution in [0.3, 0.4) is 0 Å². The second-order valence-electron chi connectivity index (χ2n) is 4.53. The third-order valence-electron chi connectivity index (χ3n) is 3.13. The van der Waals surface area contributed by atoms with Crippen LogP contribution in [0.2, 0.25) is 0 Å². The summed E-state index contributed by atoms with van der Waals surface area (Å²) in [6, 6.07) is 18.3. The van der Waals surface area contributed by atoms with Crippen LogP contribution < -0.4 is 11.1 Å². The molecule has 0 amide bonds. The van der Waals surface area contributed by atoms with Crippen LogP contribution in [0.25, 0.3) is 22.5 Å². The number of anilines is 2. The fraction of sp³-hybridized carbons (Fsp3) is 0.0625. The zero-order chi connectivity index (χ0) is 14.7. The topological polar surface area (TPSA) is 76.7 Å². The van der Waals surface area contributed by atoms with E-state index < -0.39 is 0 Å². The first-order valence-corrected chi connectivity index (χ1v) is 6.61. The predicted molar refractivity (Wildman–Crippen MR) is 84.7 cm³/mol. The van der Waals surface area contributed by atoms with Gasteiger partial charge >= 0.3 is 0 Å². The van der Waals surface area contributed by atoms with Crippen molar-refractivity contribution in [2.45, 2.75) is 0 Å². The van der Waals surface area contributed by atoms with Gasteiger partial charge in [-0.05, 0) is 11.1 Å². The number of nitrogens with zero attached hydrogens (tertiary/aromatic N) is 3. The zero-order valence-corrected chi connectivity index (χ0v) is 11.6. The largest absolute Gasteiger partial charge is 0.368 e. The Labute approximate surface area is 122 Å². The van der Waals surface area contributed by atoms with Crippen LogP contribution in [0.4, 0.5) is 11.9 Å². The molecule has 2 aromatic carbocycles. The number of hydrogen-bond donors (Lipinski definition) is 2. The van der Waals surface area contributed by atoms with E-state index in [4.69, 9.17) is 5.73 Å². The van der Waals surface area contributed by atoms with Gasteiger partial charge in [0.15, 0.2) is 5.82 Å². The van der Waals surface area contributed by atoms with Crippen molar-refractivity contribution in [1.82, 2.24) is 15.0 Å². The Morgan fingerprint density at radius 2 is 1.38 bits per heavy atom. The summed E-state index contributed by atoms with van der Waals surface area (Å²) in [7, 11) is 1.75. The van der Waals surface area contributed by atoms with Gasteiger partial charge in [0, 0.05) is 12.6 Å². The van der Waals surface area contributed by atoms with E-state index in [0.717, 1.165) is 11.1 Å². The number of hydrogen-bond acceptors (Lipinski definition) is 5. The third-order valence-corrected chi connectivity index (χ3v) is 3.13. The second kappa shape index (κ2) is 5.58. The average molecular weight is 277 g/mol. The molecule has 0 aliphatic carbocycles. The van der Waals surface area contributed by atoms with Gasteiger partial charge in [0.2, 0.25) is 11.9 Å². The summed E-state index contributed by atoms with van der Waals surface area (Å²) in [6.45, 7) is 0. The van der Waals surface area contributed by atoms with Gasteiger partial charge in [-0.2, -0.15) is 15.0 Å². The molecule has 0 saturated heterocycles. The van der Waals surface area contributed by atoms with Crippen LogP contribution in [0.15, 0.2) is 54.6 Å². The molecule has 0 saturated carbocycles. The highest BCUT2D eigenvalue weighted by atomic mass is 15.2. The average Bonchev–Trinajstić information content (AvgIpc) is 2.55. The molecule has 5 heteroatoms. The van der Waals surface area contributed by atoms with E-state index in [9.17, 15) is 0 Å². The Kier molecular flexibility index (Phi) is 3.47. The number of nitrogens with two attached hydrogens (primary N) is 1. The predicted octanol–water partition coefficient (Wildman–Crippen LogP) is 2.83. The summed E-state index contributed by atoms with van der Waals surface area (Å²) >= 11 is 0. The fourth-order valence-corrected chi connectivity index (χ4v) is 2.08. The van der Waals surface area contributed by atoms with E-state index in [1.165, 1.54) is 5.56 Å². The van der Waals surface area contributed by atoms with E-state index in [-0.39, 0.29) is 5.95 Å². The molecule has 3 aromatic rings. The molecule has 3 rings (SSSR count). The van der Waals surface area contributed by atoms with Crippen molar-refractivity contribution in [2.75, 3.05) is 18.1 Å². The second-order valence-corrected chi connectivity index (χ2v) is 4.53. The van der Waals surface area contributed by atoms with E-state index in [1.807, 2.05) is 42.5 Å². The van der Waals surface area contributed by atoms with E-state index >= 15 is 0 Å². The maximum absolute atomic E-state index is 5.69. The Hall–Kier alpha value is -2.95. The monoisotopic (exact) mass is 277 g/mol. The molecule has 0 aliphatic heterocycles. The highest BCUT2D eigenvalue weighted by molar-refractivity contribution is 5.68. The molecule has 0 fully saturated rings. The molecular formula is C16H15N5. The first kappa shape index (κ1) is 13.1. The fourth-order valence-electron chi connectivity index (χ4n) is 2.08. The van der Waals surface area contributed by atoms with Gasteiger partial charge in [0.25, 0.3) is 0 Å². The highest BCUT2D eigenvalue weighted by Gasteiger charge is 2.06. The van der Waals surface area contributed by atoms with Crippen molar-refractivity contribution in [1.29, 1.82) is 0 Å². The molecule has 1 heterocycles. The van der Waals surface area contributed by atoms with Crippen LogP contribution in [-0.4, -0.2) is 22.0 Å². The molecule has 5 nitrogen and oxygen atoms in total. The number of aromatic nitrogens is 3. The van der Waals surface area contributed by atoms with Gasteiger partial charge in [-0.3, -0.25) is 0 Å².